The molecule has 2 rings (SSSR count). The third kappa shape index (κ3) is 3.82. The minimum Gasteiger partial charge on any atom is -0.434 e. The van der Waals surface area contributed by atoms with Crippen molar-refractivity contribution in [3.05, 3.63) is 12.8 Å². The first-order valence-electron chi connectivity index (χ1n) is 8.49. The molecule has 2 fully saturated rings. The summed E-state index contributed by atoms with van der Waals surface area (Å²) in [6, 6.07) is -0.520. The molecule has 2 saturated heterocycles. The van der Waals surface area contributed by atoms with Gasteiger partial charge in [0.15, 0.2) is 8.32 Å². The van der Waals surface area contributed by atoms with Crippen LogP contribution in [0.2, 0.25) is 18.1 Å². The standard InChI is InChI=1S/C17H28INO4SSi/c1-8-22-16(21)13-11(9-18)24-15-12(14(20)19(13)15)10(2)23-25(6,7)17(3,4)5/h8,10-13,15H,1,9H2,2-7H3. The lowest BCUT2D eigenvalue weighted by Crippen LogP contribution is -2.65. The van der Waals surface area contributed by atoms with Crippen molar-refractivity contribution >= 4 is 54.5 Å². The third-order valence-corrected chi connectivity index (χ3v) is 13.2. The molecule has 0 aliphatic carbocycles. The number of alkyl halides is 1. The average Bonchev–Trinajstić information content (AvgIpc) is 2.80. The topological polar surface area (TPSA) is 55.8 Å². The molecule has 0 saturated carbocycles. The second-order valence-electron chi connectivity index (χ2n) is 8.12. The first-order chi connectivity index (χ1) is 11.5. The van der Waals surface area contributed by atoms with E-state index in [0.717, 1.165) is 10.7 Å². The van der Waals surface area contributed by atoms with Gasteiger partial charge in [0.25, 0.3) is 0 Å². The predicted octanol–water partition coefficient (Wildman–Crippen LogP) is 3.79. The van der Waals surface area contributed by atoms with E-state index in [2.05, 4.69) is 63.0 Å². The highest BCUT2D eigenvalue weighted by molar-refractivity contribution is 14.1. The van der Waals surface area contributed by atoms with E-state index < -0.39 is 20.3 Å². The van der Waals surface area contributed by atoms with Crippen LogP contribution < -0.4 is 0 Å². The van der Waals surface area contributed by atoms with Gasteiger partial charge in [0, 0.05) is 9.68 Å². The maximum Gasteiger partial charge on any atom is 0.334 e. The number of fused-ring (bicyclic) bond motifs is 1. The van der Waals surface area contributed by atoms with Crippen molar-refractivity contribution in [3.63, 3.8) is 0 Å². The minimum atomic E-state index is -1.95. The molecule has 5 unspecified atom stereocenters. The van der Waals surface area contributed by atoms with Crippen LogP contribution in [0.25, 0.3) is 0 Å². The van der Waals surface area contributed by atoms with Crippen LogP contribution in [0.3, 0.4) is 0 Å². The van der Waals surface area contributed by atoms with Crippen molar-refractivity contribution in [1.29, 1.82) is 0 Å². The van der Waals surface area contributed by atoms with E-state index in [0.29, 0.717) is 0 Å². The summed E-state index contributed by atoms with van der Waals surface area (Å²) in [5.41, 5.74) is 0. The molecule has 2 aliphatic heterocycles. The van der Waals surface area contributed by atoms with Crippen LogP contribution in [0.5, 0.6) is 0 Å². The van der Waals surface area contributed by atoms with Crippen LogP contribution in [0.1, 0.15) is 27.7 Å². The van der Waals surface area contributed by atoms with Crippen LogP contribution in [0, 0.1) is 5.92 Å². The lowest BCUT2D eigenvalue weighted by Gasteiger charge is -2.48. The first-order valence-corrected chi connectivity index (χ1v) is 13.9. The maximum absolute atomic E-state index is 12.8. The number of halogens is 1. The molecule has 142 valence electrons. The minimum absolute atomic E-state index is 0.00192. The molecular formula is C17H28INO4SSi. The molecule has 1 amide bonds. The molecule has 5 atom stereocenters. The summed E-state index contributed by atoms with van der Waals surface area (Å²) >= 11 is 3.96. The molecule has 0 aromatic rings. The highest BCUT2D eigenvalue weighted by atomic mass is 127. The monoisotopic (exact) mass is 497 g/mol. The quantitative estimate of drug-likeness (QED) is 0.140. The fraction of sp³-hybridized carbons (Fsp3) is 0.765. The van der Waals surface area contributed by atoms with Crippen molar-refractivity contribution in [3.8, 4) is 0 Å². The van der Waals surface area contributed by atoms with Crippen molar-refractivity contribution in [1.82, 2.24) is 4.90 Å². The summed E-state index contributed by atoms with van der Waals surface area (Å²) in [7, 11) is -1.95. The zero-order valence-electron chi connectivity index (χ0n) is 15.7. The molecule has 0 spiro atoms. The van der Waals surface area contributed by atoms with Crippen LogP contribution >= 0.6 is 34.4 Å². The largest absolute Gasteiger partial charge is 0.434 e. The van der Waals surface area contributed by atoms with Gasteiger partial charge in [-0.15, -0.1) is 11.8 Å². The number of hydrogen-bond acceptors (Lipinski definition) is 5. The summed E-state index contributed by atoms with van der Waals surface area (Å²) in [5.74, 6) is -0.579. The highest BCUT2D eigenvalue weighted by Gasteiger charge is 2.62. The Bertz CT molecular complexity index is 565. The molecule has 8 heteroatoms. The van der Waals surface area contributed by atoms with E-state index in [4.69, 9.17) is 9.16 Å². The number of ether oxygens (including phenoxy) is 1. The van der Waals surface area contributed by atoms with Crippen LogP contribution in [-0.4, -0.2) is 52.3 Å². The number of thioether (sulfide) groups is 1. The molecular weight excluding hydrogens is 469 g/mol. The second-order valence-corrected chi connectivity index (χ2v) is 15.1. The van der Waals surface area contributed by atoms with E-state index in [1.54, 1.807) is 16.7 Å². The number of nitrogens with zero attached hydrogens (tertiary/aromatic N) is 1. The second kappa shape index (κ2) is 7.51. The van der Waals surface area contributed by atoms with Gasteiger partial charge in [0.05, 0.1) is 23.7 Å². The lowest BCUT2D eigenvalue weighted by molar-refractivity contribution is -0.166. The predicted molar refractivity (Wildman–Crippen MR) is 112 cm³/mol. The number of hydrogen-bond donors (Lipinski definition) is 0. The fourth-order valence-electron chi connectivity index (χ4n) is 3.07. The number of esters is 1. The van der Waals surface area contributed by atoms with Gasteiger partial charge in [0.1, 0.15) is 6.04 Å². The van der Waals surface area contributed by atoms with Crippen molar-refractivity contribution < 1.29 is 18.8 Å². The maximum atomic E-state index is 12.8. The summed E-state index contributed by atoms with van der Waals surface area (Å²) in [5, 5.41) is 0.138. The number of rotatable bonds is 6. The zero-order valence-corrected chi connectivity index (χ0v) is 19.7. The van der Waals surface area contributed by atoms with Gasteiger partial charge < -0.3 is 14.1 Å². The van der Waals surface area contributed by atoms with E-state index in [9.17, 15) is 9.59 Å². The van der Waals surface area contributed by atoms with Gasteiger partial charge in [-0.25, -0.2) is 4.79 Å². The Morgan fingerprint density at radius 1 is 1.48 bits per heavy atom. The van der Waals surface area contributed by atoms with E-state index in [1.807, 2.05) is 6.92 Å². The molecule has 0 N–H and O–H groups in total. The molecule has 0 radical (unpaired) electrons. The van der Waals surface area contributed by atoms with E-state index in [1.165, 1.54) is 0 Å². The van der Waals surface area contributed by atoms with Crippen LogP contribution in [-0.2, 0) is 18.8 Å². The molecule has 2 heterocycles. The van der Waals surface area contributed by atoms with Crippen LogP contribution in [0.4, 0.5) is 0 Å². The average molecular weight is 497 g/mol. The number of carbonyl (C=O) groups excluding carboxylic acids is 2. The Hall–Kier alpha value is -0.0631. The van der Waals surface area contributed by atoms with Gasteiger partial charge in [-0.05, 0) is 25.1 Å². The van der Waals surface area contributed by atoms with Crippen LogP contribution in [0.15, 0.2) is 12.8 Å². The molecule has 5 nitrogen and oxygen atoms in total. The van der Waals surface area contributed by atoms with Gasteiger partial charge in [0.2, 0.25) is 5.91 Å². The number of amides is 1. The molecule has 0 aromatic carbocycles. The Morgan fingerprint density at radius 3 is 2.56 bits per heavy atom. The Labute approximate surface area is 169 Å². The first kappa shape index (κ1) is 21.2. The van der Waals surface area contributed by atoms with Crippen molar-refractivity contribution in [2.24, 2.45) is 5.92 Å². The zero-order chi connectivity index (χ0) is 19.2. The summed E-state index contributed by atoms with van der Waals surface area (Å²) in [6.07, 6.45) is 0.987. The van der Waals surface area contributed by atoms with Gasteiger partial charge in [-0.2, -0.15) is 0 Å². The highest BCUT2D eigenvalue weighted by Crippen LogP contribution is 2.51. The molecule has 25 heavy (non-hydrogen) atoms. The summed E-state index contributed by atoms with van der Waals surface area (Å²) in [6.45, 7) is 16.4. The normalized spacial score (nSPS) is 30.5. The SMILES string of the molecule is C=COC(=O)C1C(CI)SC2C(C(C)O[Si](C)(C)C(C)(C)C)C(=O)N21. The molecule has 2 aliphatic rings. The smallest absolute Gasteiger partial charge is 0.334 e. The Balaban J connectivity index is 2.14. The van der Waals surface area contributed by atoms with Gasteiger partial charge >= 0.3 is 5.97 Å². The fourth-order valence-corrected chi connectivity index (χ4v) is 7.30. The summed E-state index contributed by atoms with van der Waals surface area (Å²) in [4.78, 5) is 26.8. The Kier molecular flexibility index (Phi) is 6.38. The van der Waals surface area contributed by atoms with Gasteiger partial charge in [-0.3, -0.25) is 4.79 Å². The van der Waals surface area contributed by atoms with E-state index >= 15 is 0 Å². The summed E-state index contributed by atoms with van der Waals surface area (Å²) < 4.78 is 12.2. The molecule has 0 bridgehead atoms. The number of β-lactam (4-membered cyclic amide) rings is 1. The third-order valence-electron chi connectivity index (χ3n) is 5.47. The Morgan fingerprint density at radius 2 is 2.08 bits per heavy atom. The number of carbonyl (C=O) groups is 2. The lowest BCUT2D eigenvalue weighted by atomic mass is 9.91. The van der Waals surface area contributed by atoms with E-state index in [-0.39, 0.29) is 33.6 Å². The van der Waals surface area contributed by atoms with Crippen molar-refractivity contribution in [2.45, 2.75) is 68.6 Å². The van der Waals surface area contributed by atoms with Crippen molar-refractivity contribution in [2.75, 3.05) is 4.43 Å². The van der Waals surface area contributed by atoms with Gasteiger partial charge in [-0.1, -0.05) is 49.9 Å². The molecule has 0 aromatic heterocycles.